The Bertz CT molecular complexity index is 1390. The molecule has 2 saturated heterocycles. The lowest BCUT2D eigenvalue weighted by atomic mass is 9.88. The predicted octanol–water partition coefficient (Wildman–Crippen LogP) is 3.44. The lowest BCUT2D eigenvalue weighted by Crippen LogP contribution is -2.46. The summed E-state index contributed by atoms with van der Waals surface area (Å²) in [5, 5.41) is 10.7. The van der Waals surface area contributed by atoms with Crippen LogP contribution in [0.15, 0.2) is 83.8 Å². The largest absolute Gasteiger partial charge is 0.423 e. The minimum atomic E-state index is -3.53. The molecular weight excluding hydrogens is 540 g/mol. The van der Waals surface area contributed by atoms with Crippen molar-refractivity contribution in [2.45, 2.75) is 30.4 Å². The van der Waals surface area contributed by atoms with Crippen LogP contribution in [0, 0.1) is 5.92 Å². The van der Waals surface area contributed by atoms with Gasteiger partial charge in [-0.2, -0.15) is 0 Å². The second-order valence-electron chi connectivity index (χ2n) is 10.9. The number of hydrogen-bond donors (Lipinski definition) is 1. The third-order valence-electron chi connectivity index (χ3n) is 7.89. The lowest BCUT2D eigenvalue weighted by Gasteiger charge is -2.36. The lowest BCUT2D eigenvalue weighted by molar-refractivity contribution is 0.0245. The van der Waals surface area contributed by atoms with E-state index in [0.29, 0.717) is 31.9 Å². The zero-order valence-corrected chi connectivity index (χ0v) is 24.0. The van der Waals surface area contributed by atoms with Crippen LogP contribution in [0.3, 0.4) is 0 Å². The zero-order valence-electron chi connectivity index (χ0n) is 23.2. The van der Waals surface area contributed by atoms with Gasteiger partial charge in [0, 0.05) is 32.7 Å². The van der Waals surface area contributed by atoms with Crippen LogP contribution in [0.25, 0.3) is 0 Å². The Morgan fingerprint density at radius 2 is 1.63 bits per heavy atom. The number of nitrogens with zero attached hydrogens (tertiary/aromatic N) is 2. The topological polar surface area (TPSA) is 96.4 Å². The van der Waals surface area contributed by atoms with Gasteiger partial charge >= 0.3 is 5.97 Å². The number of esters is 1. The molecule has 2 aliphatic rings. The predicted molar refractivity (Wildman–Crippen MR) is 157 cm³/mol. The minimum absolute atomic E-state index is 0.0435. The molecule has 218 valence electrons. The molecule has 3 aromatic carbocycles. The second-order valence-corrected chi connectivity index (χ2v) is 13.0. The summed E-state index contributed by atoms with van der Waals surface area (Å²) in [5.74, 6) is -0.0689. The number of carbonyl (C=O) groups excluding carboxylic acids is 1. The van der Waals surface area contributed by atoms with Gasteiger partial charge in [-0.3, -0.25) is 9.80 Å². The highest BCUT2D eigenvalue weighted by Crippen LogP contribution is 2.23. The minimum Gasteiger partial charge on any atom is -0.423 e. The summed E-state index contributed by atoms with van der Waals surface area (Å²) in [5.41, 5.74) is 2.68. The van der Waals surface area contributed by atoms with Gasteiger partial charge in [-0.15, -0.1) is 0 Å². The molecule has 2 atom stereocenters. The van der Waals surface area contributed by atoms with E-state index in [4.69, 9.17) is 9.47 Å². The molecule has 0 aliphatic carbocycles. The highest BCUT2D eigenvalue weighted by Gasteiger charge is 2.28. The van der Waals surface area contributed by atoms with Crippen molar-refractivity contribution in [1.29, 1.82) is 0 Å². The first-order valence-electron chi connectivity index (χ1n) is 14.2. The van der Waals surface area contributed by atoms with Gasteiger partial charge in [0.05, 0.1) is 35.5 Å². The molecule has 0 spiro atoms. The van der Waals surface area contributed by atoms with E-state index in [1.54, 1.807) is 6.07 Å². The molecule has 0 aromatic heterocycles. The average Bonchev–Trinajstić information content (AvgIpc) is 2.99. The standard InChI is InChI=1S/C32H38N2O6S/c35-31-24-33(14-13-27(31)21-25-5-2-1-3-6-25)17-20-41(37,38)30-11-9-29(10-12-30)40-32(36)28-8-4-7-26(22-28)23-34-15-18-39-19-16-34/h1-12,22,27,31,35H,13-21,23-24H2. The van der Waals surface area contributed by atoms with Crippen molar-refractivity contribution < 1.29 is 27.8 Å². The summed E-state index contributed by atoms with van der Waals surface area (Å²) < 4.78 is 36.9. The third kappa shape index (κ3) is 8.24. The molecule has 1 N–H and O–H groups in total. The number of β-amino-alcohol motifs (C(OH)–C–C–N with tert-alkyl or cyclic N) is 1. The molecule has 2 heterocycles. The Morgan fingerprint density at radius 1 is 0.902 bits per heavy atom. The smallest absolute Gasteiger partial charge is 0.343 e. The van der Waals surface area contributed by atoms with E-state index >= 15 is 0 Å². The van der Waals surface area contributed by atoms with Crippen LogP contribution < -0.4 is 4.74 Å². The van der Waals surface area contributed by atoms with Crippen molar-refractivity contribution in [2.24, 2.45) is 5.92 Å². The monoisotopic (exact) mass is 578 g/mol. The van der Waals surface area contributed by atoms with Gasteiger partial charge in [-0.25, -0.2) is 13.2 Å². The second kappa shape index (κ2) is 13.7. The van der Waals surface area contributed by atoms with Crippen LogP contribution in [0.1, 0.15) is 27.9 Å². The molecule has 2 aliphatic heterocycles. The first-order chi connectivity index (χ1) is 19.9. The zero-order chi connectivity index (χ0) is 28.7. The summed E-state index contributed by atoms with van der Waals surface area (Å²) in [4.78, 5) is 17.3. The van der Waals surface area contributed by atoms with E-state index in [1.807, 2.05) is 41.3 Å². The van der Waals surface area contributed by atoms with Crippen LogP contribution in [0.5, 0.6) is 5.75 Å². The van der Waals surface area contributed by atoms with Crippen LogP contribution in [0.2, 0.25) is 0 Å². The maximum absolute atomic E-state index is 13.0. The normalized spacial score (nSPS) is 20.5. The molecule has 0 bridgehead atoms. The summed E-state index contributed by atoms with van der Waals surface area (Å²) in [7, 11) is -3.53. The first kappa shape index (κ1) is 29.4. The van der Waals surface area contributed by atoms with Gasteiger partial charge in [-0.05, 0) is 72.8 Å². The summed E-state index contributed by atoms with van der Waals surface area (Å²) >= 11 is 0. The van der Waals surface area contributed by atoms with Crippen molar-refractivity contribution in [3.8, 4) is 5.75 Å². The number of rotatable bonds is 10. The van der Waals surface area contributed by atoms with Gasteiger partial charge < -0.3 is 14.6 Å². The molecule has 2 fully saturated rings. The Hall–Kier alpha value is -3.08. The molecule has 41 heavy (non-hydrogen) atoms. The number of sulfone groups is 1. The van der Waals surface area contributed by atoms with Gasteiger partial charge in [0.2, 0.25) is 0 Å². The summed E-state index contributed by atoms with van der Waals surface area (Å²) in [6.07, 6.45) is 1.16. The maximum Gasteiger partial charge on any atom is 0.343 e. The highest BCUT2D eigenvalue weighted by molar-refractivity contribution is 7.91. The quantitative estimate of drug-likeness (QED) is 0.289. The van der Waals surface area contributed by atoms with Crippen LogP contribution >= 0.6 is 0 Å². The molecule has 0 amide bonds. The van der Waals surface area contributed by atoms with Crippen LogP contribution in [0.4, 0.5) is 0 Å². The van der Waals surface area contributed by atoms with E-state index in [9.17, 15) is 18.3 Å². The number of likely N-dealkylation sites (tertiary alicyclic amines) is 1. The molecule has 0 radical (unpaired) electrons. The fourth-order valence-electron chi connectivity index (χ4n) is 5.47. The fourth-order valence-corrected chi connectivity index (χ4v) is 6.75. The Balaban J connectivity index is 1.11. The SMILES string of the molecule is O=C(Oc1ccc(S(=O)(=O)CCN2CCC(Cc3ccccc3)C(O)C2)cc1)c1cccc(CN2CCOCC2)c1. The number of morpholine rings is 1. The fraction of sp³-hybridized carbons (Fsp3) is 0.406. The number of hydrogen-bond acceptors (Lipinski definition) is 8. The maximum atomic E-state index is 13.0. The third-order valence-corrected chi connectivity index (χ3v) is 9.60. The van der Waals surface area contributed by atoms with Crippen molar-refractivity contribution in [3.05, 3.63) is 95.6 Å². The van der Waals surface area contributed by atoms with Gasteiger partial charge in [-0.1, -0.05) is 42.5 Å². The molecule has 5 rings (SSSR count). The van der Waals surface area contributed by atoms with Gasteiger partial charge in [0.15, 0.2) is 9.84 Å². The molecule has 2 unspecified atom stereocenters. The van der Waals surface area contributed by atoms with Crippen LogP contribution in [-0.4, -0.2) is 87.1 Å². The van der Waals surface area contributed by atoms with E-state index < -0.39 is 21.9 Å². The van der Waals surface area contributed by atoms with Gasteiger partial charge in [0.25, 0.3) is 0 Å². The Morgan fingerprint density at radius 3 is 2.37 bits per heavy atom. The molecule has 9 heteroatoms. The number of aliphatic hydroxyl groups is 1. The summed E-state index contributed by atoms with van der Waals surface area (Å²) in [6.45, 7) is 5.46. The number of carbonyl (C=O) groups is 1. The van der Waals surface area contributed by atoms with E-state index in [-0.39, 0.29) is 22.3 Å². The van der Waals surface area contributed by atoms with Crippen molar-refractivity contribution in [2.75, 3.05) is 51.7 Å². The van der Waals surface area contributed by atoms with E-state index in [2.05, 4.69) is 17.0 Å². The van der Waals surface area contributed by atoms with E-state index in [1.165, 1.54) is 29.8 Å². The molecule has 8 nitrogen and oxygen atoms in total. The van der Waals surface area contributed by atoms with Crippen molar-refractivity contribution >= 4 is 15.8 Å². The van der Waals surface area contributed by atoms with E-state index in [0.717, 1.165) is 44.6 Å². The Labute approximate surface area is 242 Å². The summed E-state index contributed by atoms with van der Waals surface area (Å²) in [6, 6.07) is 23.5. The number of ether oxygens (including phenoxy) is 2. The molecule has 0 saturated carbocycles. The van der Waals surface area contributed by atoms with Gasteiger partial charge in [0.1, 0.15) is 5.75 Å². The number of benzene rings is 3. The highest BCUT2D eigenvalue weighted by atomic mass is 32.2. The van der Waals surface area contributed by atoms with Crippen LogP contribution in [-0.2, 0) is 27.5 Å². The van der Waals surface area contributed by atoms with Crippen molar-refractivity contribution in [3.63, 3.8) is 0 Å². The number of aliphatic hydroxyl groups excluding tert-OH is 1. The van der Waals surface area contributed by atoms with Crippen molar-refractivity contribution in [1.82, 2.24) is 9.80 Å². The Kier molecular flexibility index (Phi) is 9.84. The first-order valence-corrected chi connectivity index (χ1v) is 15.9. The molecule has 3 aromatic rings. The molecular formula is C32H38N2O6S. The average molecular weight is 579 g/mol. The number of piperidine rings is 1.